The van der Waals surface area contributed by atoms with Gasteiger partial charge in [0.2, 0.25) is 0 Å². The van der Waals surface area contributed by atoms with Crippen molar-refractivity contribution in [2.24, 2.45) is 0 Å². The maximum atomic E-state index is 13.2. The minimum absolute atomic E-state index is 0.172. The average molecular weight is 263 g/mol. The van der Waals surface area contributed by atoms with Gasteiger partial charge in [0.05, 0.1) is 6.04 Å². The van der Waals surface area contributed by atoms with E-state index in [1.54, 1.807) is 17.4 Å². The first kappa shape index (κ1) is 13.2. The van der Waals surface area contributed by atoms with E-state index in [0.29, 0.717) is 0 Å². The molecule has 0 saturated heterocycles. The highest BCUT2D eigenvalue weighted by molar-refractivity contribution is 7.19. The Morgan fingerprint density at radius 2 is 2.17 bits per heavy atom. The number of halogens is 1. The minimum Gasteiger partial charge on any atom is -0.306 e. The Bertz CT molecular complexity index is 567. The summed E-state index contributed by atoms with van der Waals surface area (Å²) >= 11 is 1.72. The zero-order chi connectivity index (χ0) is 13.1. The van der Waals surface area contributed by atoms with Crippen LogP contribution in [0, 0.1) is 5.82 Å². The molecule has 18 heavy (non-hydrogen) atoms. The van der Waals surface area contributed by atoms with Gasteiger partial charge in [-0.2, -0.15) is 0 Å². The number of hydrogen-bond acceptors (Lipinski definition) is 2. The van der Waals surface area contributed by atoms with Crippen LogP contribution in [0.15, 0.2) is 35.9 Å². The van der Waals surface area contributed by atoms with Gasteiger partial charge in [-0.15, -0.1) is 11.3 Å². The summed E-state index contributed by atoms with van der Waals surface area (Å²) < 4.78 is 14.3. The molecule has 1 atom stereocenters. The van der Waals surface area contributed by atoms with Gasteiger partial charge in [-0.3, -0.25) is 0 Å². The number of likely N-dealkylation sites (N-methyl/N-ethyl adjacent to an activating group) is 1. The SMILES string of the molecule is CCNC(C=C(C)C)c1cc2cc(F)ccc2s1. The lowest BCUT2D eigenvalue weighted by Gasteiger charge is -2.12. The molecular weight excluding hydrogens is 245 g/mol. The Kier molecular flexibility index (Phi) is 4.15. The first-order chi connectivity index (χ1) is 8.60. The Morgan fingerprint density at radius 3 is 2.83 bits per heavy atom. The molecule has 0 aliphatic rings. The summed E-state index contributed by atoms with van der Waals surface area (Å²) in [6.07, 6.45) is 2.21. The van der Waals surface area contributed by atoms with E-state index >= 15 is 0 Å². The molecule has 1 heterocycles. The zero-order valence-electron chi connectivity index (χ0n) is 11.0. The van der Waals surface area contributed by atoms with Gasteiger partial charge in [0.1, 0.15) is 5.82 Å². The lowest BCUT2D eigenvalue weighted by Crippen LogP contribution is -2.18. The summed E-state index contributed by atoms with van der Waals surface area (Å²) in [5.41, 5.74) is 1.28. The second kappa shape index (κ2) is 5.63. The molecule has 3 heteroatoms. The Morgan fingerprint density at radius 1 is 1.39 bits per heavy atom. The monoisotopic (exact) mass is 263 g/mol. The van der Waals surface area contributed by atoms with Crippen LogP contribution < -0.4 is 5.32 Å². The van der Waals surface area contributed by atoms with Gasteiger partial charge in [0, 0.05) is 9.58 Å². The Labute approximate surface area is 111 Å². The van der Waals surface area contributed by atoms with Gasteiger partial charge in [0.25, 0.3) is 0 Å². The Balaban J connectivity index is 2.41. The molecule has 0 fully saturated rings. The van der Waals surface area contributed by atoms with Crippen LogP contribution in [0.2, 0.25) is 0 Å². The van der Waals surface area contributed by atoms with Crippen LogP contribution in [0.4, 0.5) is 4.39 Å². The van der Waals surface area contributed by atoms with Crippen molar-refractivity contribution < 1.29 is 4.39 Å². The van der Waals surface area contributed by atoms with Crippen LogP contribution in [0.3, 0.4) is 0 Å². The number of hydrogen-bond donors (Lipinski definition) is 1. The molecule has 1 N–H and O–H groups in total. The largest absolute Gasteiger partial charge is 0.306 e. The lowest BCUT2D eigenvalue weighted by molar-refractivity contribution is 0.630. The lowest BCUT2D eigenvalue weighted by atomic mass is 10.1. The van der Waals surface area contributed by atoms with E-state index in [1.807, 2.05) is 6.07 Å². The van der Waals surface area contributed by atoms with Gasteiger partial charge in [-0.1, -0.05) is 18.6 Å². The molecule has 96 valence electrons. The second-order valence-corrected chi connectivity index (χ2v) is 5.73. The van der Waals surface area contributed by atoms with E-state index in [9.17, 15) is 4.39 Å². The van der Waals surface area contributed by atoms with Crippen molar-refractivity contribution in [2.45, 2.75) is 26.8 Å². The number of rotatable bonds is 4. The zero-order valence-corrected chi connectivity index (χ0v) is 11.8. The summed E-state index contributed by atoms with van der Waals surface area (Å²) in [4.78, 5) is 1.23. The average Bonchev–Trinajstić information content (AvgIpc) is 2.70. The first-order valence-corrected chi connectivity index (χ1v) is 6.99. The van der Waals surface area contributed by atoms with Crippen LogP contribution in [0.5, 0.6) is 0 Å². The molecule has 2 aromatic rings. The second-order valence-electron chi connectivity index (χ2n) is 4.61. The predicted octanol–water partition coefficient (Wildman–Crippen LogP) is 4.66. The molecule has 0 bridgehead atoms. The van der Waals surface area contributed by atoms with Crippen molar-refractivity contribution >= 4 is 21.4 Å². The fourth-order valence-corrected chi connectivity index (χ4v) is 3.07. The summed E-state index contributed by atoms with van der Waals surface area (Å²) in [6, 6.07) is 7.27. The van der Waals surface area contributed by atoms with Crippen LogP contribution in [0.25, 0.3) is 10.1 Å². The van der Waals surface area contributed by atoms with Crippen molar-refractivity contribution in [1.29, 1.82) is 0 Å². The van der Waals surface area contributed by atoms with Crippen molar-refractivity contribution in [3.8, 4) is 0 Å². The van der Waals surface area contributed by atoms with E-state index in [2.05, 4.69) is 38.2 Å². The summed E-state index contributed by atoms with van der Waals surface area (Å²) in [5, 5.41) is 4.43. The third kappa shape index (κ3) is 2.98. The molecule has 0 aliphatic heterocycles. The van der Waals surface area contributed by atoms with Gasteiger partial charge >= 0.3 is 0 Å². The highest BCUT2D eigenvalue weighted by atomic mass is 32.1. The molecule has 2 rings (SSSR count). The molecular formula is C15H18FNS. The van der Waals surface area contributed by atoms with Crippen molar-refractivity contribution in [3.63, 3.8) is 0 Å². The fourth-order valence-electron chi connectivity index (χ4n) is 1.98. The normalized spacial score (nSPS) is 12.7. The number of allylic oxidation sites excluding steroid dienone is 1. The van der Waals surface area contributed by atoms with Crippen LogP contribution in [0.1, 0.15) is 31.7 Å². The number of nitrogens with one attached hydrogen (secondary N) is 1. The molecule has 0 spiro atoms. The van der Waals surface area contributed by atoms with Gasteiger partial charge < -0.3 is 5.32 Å². The molecule has 0 saturated carbocycles. The van der Waals surface area contributed by atoms with Crippen LogP contribution >= 0.6 is 11.3 Å². The van der Waals surface area contributed by atoms with E-state index in [1.165, 1.54) is 16.5 Å². The van der Waals surface area contributed by atoms with E-state index in [0.717, 1.165) is 16.6 Å². The van der Waals surface area contributed by atoms with E-state index in [4.69, 9.17) is 0 Å². The fraction of sp³-hybridized carbons (Fsp3) is 0.333. The molecule has 1 nitrogen and oxygen atoms in total. The molecule has 0 amide bonds. The minimum atomic E-state index is -0.172. The maximum Gasteiger partial charge on any atom is 0.123 e. The molecule has 0 radical (unpaired) electrons. The van der Waals surface area contributed by atoms with Crippen molar-refractivity contribution in [2.75, 3.05) is 6.54 Å². The highest BCUT2D eigenvalue weighted by Gasteiger charge is 2.11. The topological polar surface area (TPSA) is 12.0 Å². The molecule has 0 aliphatic carbocycles. The predicted molar refractivity (Wildman–Crippen MR) is 77.6 cm³/mol. The summed E-state index contributed by atoms with van der Waals surface area (Å²) in [6.45, 7) is 7.20. The van der Waals surface area contributed by atoms with Crippen molar-refractivity contribution in [1.82, 2.24) is 5.32 Å². The molecule has 1 unspecified atom stereocenters. The smallest absolute Gasteiger partial charge is 0.123 e. The van der Waals surface area contributed by atoms with Gasteiger partial charge in [0.15, 0.2) is 0 Å². The Hall–Kier alpha value is -1.19. The van der Waals surface area contributed by atoms with E-state index in [-0.39, 0.29) is 11.9 Å². The third-order valence-corrected chi connectivity index (χ3v) is 3.93. The number of benzene rings is 1. The van der Waals surface area contributed by atoms with E-state index < -0.39 is 0 Å². The molecule has 1 aromatic heterocycles. The highest BCUT2D eigenvalue weighted by Crippen LogP contribution is 2.31. The number of thiophene rings is 1. The maximum absolute atomic E-state index is 13.2. The van der Waals surface area contributed by atoms with Crippen molar-refractivity contribution in [3.05, 3.63) is 46.6 Å². The standard InChI is InChI=1S/C15H18FNS/c1-4-17-13(7-10(2)3)15-9-11-8-12(16)5-6-14(11)18-15/h5-9,13,17H,4H2,1-3H3. The van der Waals surface area contributed by atoms with Crippen LogP contribution in [-0.2, 0) is 0 Å². The van der Waals surface area contributed by atoms with Gasteiger partial charge in [-0.25, -0.2) is 4.39 Å². The summed E-state index contributed by atoms with van der Waals surface area (Å²) in [7, 11) is 0. The quantitative estimate of drug-likeness (QED) is 0.791. The third-order valence-electron chi connectivity index (χ3n) is 2.73. The summed E-state index contributed by atoms with van der Waals surface area (Å²) in [5.74, 6) is -0.172. The number of fused-ring (bicyclic) bond motifs is 1. The first-order valence-electron chi connectivity index (χ1n) is 6.17. The molecule has 1 aromatic carbocycles. The van der Waals surface area contributed by atoms with Crippen LogP contribution in [-0.4, -0.2) is 6.54 Å². The van der Waals surface area contributed by atoms with Gasteiger partial charge in [-0.05, 0) is 50.0 Å².